The SMILES string of the molecule is CCOc1cc2c(cc1CN1CCCC(c3nc(C)c(CC)c(=O)[nH]3)C1)OCO2. The summed E-state index contributed by atoms with van der Waals surface area (Å²) >= 11 is 0. The zero-order chi connectivity index (χ0) is 20.4. The van der Waals surface area contributed by atoms with Crippen LogP contribution < -0.4 is 19.8 Å². The van der Waals surface area contributed by atoms with Crippen molar-refractivity contribution in [1.29, 1.82) is 0 Å². The Morgan fingerprint density at radius 1 is 1.28 bits per heavy atom. The average molecular weight is 399 g/mol. The number of ether oxygens (including phenoxy) is 3. The maximum absolute atomic E-state index is 12.4. The fourth-order valence-electron chi connectivity index (χ4n) is 4.28. The van der Waals surface area contributed by atoms with E-state index in [1.165, 1.54) is 0 Å². The molecule has 0 radical (unpaired) electrons. The molecule has 2 aliphatic rings. The minimum Gasteiger partial charge on any atom is -0.493 e. The molecule has 3 heterocycles. The predicted octanol–water partition coefficient (Wildman–Crippen LogP) is 3.15. The van der Waals surface area contributed by atoms with E-state index in [0.29, 0.717) is 13.0 Å². The monoisotopic (exact) mass is 399 g/mol. The molecule has 0 bridgehead atoms. The molecule has 1 fully saturated rings. The first-order chi connectivity index (χ1) is 14.1. The molecule has 7 heteroatoms. The van der Waals surface area contributed by atoms with Gasteiger partial charge in [-0.15, -0.1) is 0 Å². The second kappa shape index (κ2) is 8.45. The number of benzene rings is 1. The third kappa shape index (κ3) is 4.10. The molecule has 0 spiro atoms. The Hall–Kier alpha value is -2.54. The lowest BCUT2D eigenvalue weighted by atomic mass is 9.96. The van der Waals surface area contributed by atoms with Gasteiger partial charge in [0.05, 0.1) is 6.61 Å². The Bertz CT molecular complexity index is 940. The van der Waals surface area contributed by atoms with E-state index in [1.54, 1.807) is 0 Å². The number of rotatable bonds is 6. The summed E-state index contributed by atoms with van der Waals surface area (Å²) in [4.78, 5) is 22.5. The highest BCUT2D eigenvalue weighted by Gasteiger charge is 2.26. The Kier molecular flexibility index (Phi) is 5.76. The number of nitrogens with zero attached hydrogens (tertiary/aromatic N) is 2. The molecule has 1 unspecified atom stereocenters. The van der Waals surface area contributed by atoms with E-state index in [9.17, 15) is 4.79 Å². The Morgan fingerprint density at radius 3 is 2.79 bits per heavy atom. The van der Waals surface area contributed by atoms with E-state index in [0.717, 1.165) is 72.4 Å². The van der Waals surface area contributed by atoms with Crippen molar-refractivity contribution < 1.29 is 14.2 Å². The van der Waals surface area contributed by atoms with Crippen LogP contribution in [0.3, 0.4) is 0 Å². The van der Waals surface area contributed by atoms with E-state index in [2.05, 4.69) is 9.88 Å². The number of nitrogens with one attached hydrogen (secondary N) is 1. The van der Waals surface area contributed by atoms with Gasteiger partial charge in [0.2, 0.25) is 6.79 Å². The minimum atomic E-state index is 0.00141. The lowest BCUT2D eigenvalue weighted by Gasteiger charge is -2.32. The predicted molar refractivity (Wildman–Crippen MR) is 110 cm³/mol. The highest BCUT2D eigenvalue weighted by molar-refractivity contribution is 5.51. The van der Waals surface area contributed by atoms with Crippen LogP contribution in [0.1, 0.15) is 55.3 Å². The Labute approximate surface area is 171 Å². The lowest BCUT2D eigenvalue weighted by Crippen LogP contribution is -2.35. The number of aryl methyl sites for hydroxylation is 1. The number of H-pyrrole nitrogens is 1. The first-order valence-electron chi connectivity index (χ1n) is 10.5. The quantitative estimate of drug-likeness (QED) is 0.804. The third-order valence-corrected chi connectivity index (χ3v) is 5.74. The zero-order valence-electron chi connectivity index (χ0n) is 17.4. The van der Waals surface area contributed by atoms with Crippen LogP contribution in [0.15, 0.2) is 16.9 Å². The highest BCUT2D eigenvalue weighted by atomic mass is 16.7. The molecule has 4 rings (SSSR count). The fourth-order valence-corrected chi connectivity index (χ4v) is 4.28. The molecule has 1 aromatic carbocycles. The van der Waals surface area contributed by atoms with Gasteiger partial charge in [0.25, 0.3) is 5.56 Å². The van der Waals surface area contributed by atoms with Crippen LogP contribution in [0.25, 0.3) is 0 Å². The van der Waals surface area contributed by atoms with E-state index in [1.807, 2.05) is 32.9 Å². The van der Waals surface area contributed by atoms with Crippen LogP contribution in [-0.4, -0.2) is 41.4 Å². The summed E-state index contributed by atoms with van der Waals surface area (Å²) < 4.78 is 16.9. The molecular formula is C22H29N3O4. The number of hydrogen-bond donors (Lipinski definition) is 1. The van der Waals surface area contributed by atoms with E-state index >= 15 is 0 Å². The second-order valence-electron chi connectivity index (χ2n) is 7.69. The van der Waals surface area contributed by atoms with Gasteiger partial charge in [-0.2, -0.15) is 0 Å². The maximum atomic E-state index is 12.4. The number of likely N-dealkylation sites (tertiary alicyclic amines) is 1. The van der Waals surface area contributed by atoms with Gasteiger partial charge in [-0.05, 0) is 45.7 Å². The molecule has 1 saturated heterocycles. The molecule has 1 atom stereocenters. The summed E-state index contributed by atoms with van der Waals surface area (Å²) in [5.41, 5.74) is 2.72. The summed E-state index contributed by atoms with van der Waals surface area (Å²) in [6, 6.07) is 3.95. The lowest BCUT2D eigenvalue weighted by molar-refractivity contribution is 0.173. The van der Waals surface area contributed by atoms with Crippen molar-refractivity contribution >= 4 is 0 Å². The van der Waals surface area contributed by atoms with Crippen molar-refractivity contribution in [2.75, 3.05) is 26.5 Å². The topological polar surface area (TPSA) is 76.7 Å². The molecule has 1 aromatic heterocycles. The van der Waals surface area contributed by atoms with E-state index in [4.69, 9.17) is 19.2 Å². The first-order valence-corrected chi connectivity index (χ1v) is 10.5. The van der Waals surface area contributed by atoms with Crippen molar-refractivity contribution in [2.45, 2.75) is 52.5 Å². The number of aromatic nitrogens is 2. The van der Waals surface area contributed by atoms with Gasteiger partial charge in [0.15, 0.2) is 11.5 Å². The summed E-state index contributed by atoms with van der Waals surface area (Å²) in [6.45, 7) is 9.38. The standard InChI is InChI=1S/C22H29N3O4/c1-4-17-14(3)23-21(24-22(17)26)15-7-6-8-25(11-15)12-16-9-19-20(29-13-28-19)10-18(16)27-5-2/h9-10,15H,4-8,11-13H2,1-3H3,(H,23,24,26). The summed E-state index contributed by atoms with van der Waals surface area (Å²) in [5.74, 6) is 3.39. The number of fused-ring (bicyclic) bond motifs is 1. The average Bonchev–Trinajstić information content (AvgIpc) is 3.15. The maximum Gasteiger partial charge on any atom is 0.254 e. The van der Waals surface area contributed by atoms with Crippen molar-refractivity contribution in [3.05, 3.63) is 45.1 Å². The first kappa shape index (κ1) is 19.8. The highest BCUT2D eigenvalue weighted by Crippen LogP contribution is 2.39. The van der Waals surface area contributed by atoms with Crippen LogP contribution >= 0.6 is 0 Å². The van der Waals surface area contributed by atoms with Gasteiger partial charge in [0.1, 0.15) is 11.6 Å². The van der Waals surface area contributed by atoms with Gasteiger partial charge in [-0.1, -0.05) is 6.92 Å². The molecule has 7 nitrogen and oxygen atoms in total. The zero-order valence-corrected chi connectivity index (χ0v) is 17.4. The van der Waals surface area contributed by atoms with E-state index in [-0.39, 0.29) is 18.3 Å². The molecule has 0 saturated carbocycles. The number of aromatic amines is 1. The third-order valence-electron chi connectivity index (χ3n) is 5.74. The smallest absolute Gasteiger partial charge is 0.254 e. The number of hydrogen-bond acceptors (Lipinski definition) is 6. The minimum absolute atomic E-state index is 0.00141. The molecule has 0 amide bonds. The largest absolute Gasteiger partial charge is 0.493 e. The van der Waals surface area contributed by atoms with Crippen LogP contribution in [0.5, 0.6) is 17.2 Å². The fraction of sp³-hybridized carbons (Fsp3) is 0.545. The molecule has 156 valence electrons. The Balaban J connectivity index is 1.53. The normalized spacial score (nSPS) is 18.8. The van der Waals surface area contributed by atoms with Gasteiger partial charge < -0.3 is 19.2 Å². The van der Waals surface area contributed by atoms with Gasteiger partial charge in [0, 0.05) is 41.9 Å². The van der Waals surface area contributed by atoms with Gasteiger partial charge in [-0.25, -0.2) is 4.98 Å². The van der Waals surface area contributed by atoms with Gasteiger partial charge in [-0.3, -0.25) is 9.69 Å². The molecular weight excluding hydrogens is 370 g/mol. The van der Waals surface area contributed by atoms with Gasteiger partial charge >= 0.3 is 0 Å². The second-order valence-corrected chi connectivity index (χ2v) is 7.69. The van der Waals surface area contributed by atoms with Crippen LogP contribution in [-0.2, 0) is 13.0 Å². The van der Waals surface area contributed by atoms with Crippen LogP contribution in [0, 0.1) is 6.92 Å². The molecule has 2 aromatic rings. The van der Waals surface area contributed by atoms with E-state index < -0.39 is 0 Å². The number of piperidine rings is 1. The van der Waals surface area contributed by atoms with Crippen molar-refractivity contribution in [2.24, 2.45) is 0 Å². The van der Waals surface area contributed by atoms with Crippen LogP contribution in [0.2, 0.25) is 0 Å². The van der Waals surface area contributed by atoms with Crippen molar-refractivity contribution in [1.82, 2.24) is 14.9 Å². The summed E-state index contributed by atoms with van der Waals surface area (Å²) in [5, 5.41) is 0. The molecule has 29 heavy (non-hydrogen) atoms. The Morgan fingerprint density at radius 2 is 2.07 bits per heavy atom. The molecule has 2 aliphatic heterocycles. The van der Waals surface area contributed by atoms with Crippen molar-refractivity contribution in [3.8, 4) is 17.2 Å². The summed E-state index contributed by atoms with van der Waals surface area (Å²) in [7, 11) is 0. The summed E-state index contributed by atoms with van der Waals surface area (Å²) in [6.07, 6.45) is 2.80. The molecule has 0 aliphatic carbocycles. The molecule has 1 N–H and O–H groups in total. The van der Waals surface area contributed by atoms with Crippen LogP contribution in [0.4, 0.5) is 0 Å². The van der Waals surface area contributed by atoms with Crippen molar-refractivity contribution in [3.63, 3.8) is 0 Å².